The van der Waals surface area contributed by atoms with Crippen LogP contribution in [0.2, 0.25) is 0 Å². The lowest BCUT2D eigenvalue weighted by Gasteiger charge is -2.20. The standard InChI is InChI=1S/C8H13N3O3S2/c1-5(6(4-12)15-2)10-8-9-3-7(16-8)11(13)14/h3,5-6,12H,4H2,1-2H3,(H,9,10). The number of anilines is 1. The second kappa shape index (κ2) is 6.02. The number of thiazole rings is 1. The van der Waals surface area contributed by atoms with Gasteiger partial charge in [0.05, 0.1) is 11.5 Å². The first-order chi connectivity index (χ1) is 7.58. The second-order valence-corrected chi connectivity index (χ2v) is 5.24. The minimum Gasteiger partial charge on any atom is -0.395 e. The van der Waals surface area contributed by atoms with E-state index in [1.807, 2.05) is 13.2 Å². The number of aliphatic hydroxyl groups is 1. The first kappa shape index (κ1) is 13.2. The highest BCUT2D eigenvalue weighted by Crippen LogP contribution is 2.26. The number of nitro groups is 1. The third-order valence-corrected chi connectivity index (χ3v) is 4.11. The van der Waals surface area contributed by atoms with Crippen LogP contribution < -0.4 is 5.32 Å². The largest absolute Gasteiger partial charge is 0.395 e. The molecule has 0 aliphatic rings. The molecule has 1 rings (SSSR count). The molecule has 1 aromatic heterocycles. The summed E-state index contributed by atoms with van der Waals surface area (Å²) < 4.78 is 0. The summed E-state index contributed by atoms with van der Waals surface area (Å²) in [7, 11) is 0. The Morgan fingerprint density at radius 1 is 1.81 bits per heavy atom. The SMILES string of the molecule is CSC(CO)C(C)Nc1ncc([N+](=O)[O-])s1. The molecule has 1 aromatic rings. The van der Waals surface area contributed by atoms with Gasteiger partial charge in [-0.2, -0.15) is 11.8 Å². The van der Waals surface area contributed by atoms with Crippen LogP contribution in [0.15, 0.2) is 6.20 Å². The number of aromatic nitrogens is 1. The molecule has 2 atom stereocenters. The number of nitrogens with zero attached hydrogens (tertiary/aromatic N) is 2. The summed E-state index contributed by atoms with van der Waals surface area (Å²) in [5, 5.41) is 23.1. The van der Waals surface area contributed by atoms with E-state index < -0.39 is 4.92 Å². The summed E-state index contributed by atoms with van der Waals surface area (Å²) >= 11 is 2.54. The van der Waals surface area contributed by atoms with Gasteiger partial charge in [-0.1, -0.05) is 0 Å². The van der Waals surface area contributed by atoms with Gasteiger partial charge in [0.2, 0.25) is 0 Å². The molecule has 1 heterocycles. The monoisotopic (exact) mass is 263 g/mol. The highest BCUT2D eigenvalue weighted by molar-refractivity contribution is 7.99. The van der Waals surface area contributed by atoms with Gasteiger partial charge < -0.3 is 10.4 Å². The van der Waals surface area contributed by atoms with Crippen molar-refractivity contribution in [1.82, 2.24) is 4.98 Å². The Hall–Kier alpha value is -0.860. The summed E-state index contributed by atoms with van der Waals surface area (Å²) in [6, 6.07) is 0.00533. The molecule has 90 valence electrons. The highest BCUT2D eigenvalue weighted by Gasteiger charge is 2.18. The van der Waals surface area contributed by atoms with E-state index in [9.17, 15) is 10.1 Å². The van der Waals surface area contributed by atoms with Crippen molar-refractivity contribution < 1.29 is 10.0 Å². The molecule has 16 heavy (non-hydrogen) atoms. The average Bonchev–Trinajstić information content (AvgIpc) is 2.68. The Kier molecular flexibility index (Phi) is 4.97. The molecule has 0 aromatic carbocycles. The van der Waals surface area contributed by atoms with Crippen LogP contribution in [0.4, 0.5) is 10.1 Å². The molecule has 0 bridgehead atoms. The van der Waals surface area contributed by atoms with Gasteiger partial charge in [-0.3, -0.25) is 10.1 Å². The van der Waals surface area contributed by atoms with E-state index >= 15 is 0 Å². The molecule has 0 amide bonds. The summed E-state index contributed by atoms with van der Waals surface area (Å²) in [4.78, 5) is 13.9. The Morgan fingerprint density at radius 2 is 2.50 bits per heavy atom. The van der Waals surface area contributed by atoms with E-state index in [4.69, 9.17) is 5.11 Å². The number of hydrogen-bond acceptors (Lipinski definition) is 7. The summed E-state index contributed by atoms with van der Waals surface area (Å²) in [6.07, 6.45) is 3.14. The van der Waals surface area contributed by atoms with Gasteiger partial charge in [0.1, 0.15) is 6.20 Å². The first-order valence-electron chi connectivity index (χ1n) is 4.59. The normalized spacial score (nSPS) is 14.4. The van der Waals surface area contributed by atoms with Crippen molar-refractivity contribution in [3.8, 4) is 0 Å². The maximum absolute atomic E-state index is 10.5. The van der Waals surface area contributed by atoms with E-state index in [0.717, 1.165) is 11.3 Å². The van der Waals surface area contributed by atoms with Crippen LogP contribution in [0, 0.1) is 10.1 Å². The molecule has 0 aliphatic carbocycles. The zero-order valence-electron chi connectivity index (χ0n) is 8.91. The maximum Gasteiger partial charge on any atom is 0.345 e. The van der Waals surface area contributed by atoms with E-state index in [1.165, 1.54) is 6.20 Å². The Bertz CT molecular complexity index is 354. The third-order valence-electron chi connectivity index (χ3n) is 2.06. The smallest absolute Gasteiger partial charge is 0.345 e. The van der Waals surface area contributed by atoms with Gasteiger partial charge in [0.25, 0.3) is 0 Å². The molecular weight excluding hydrogens is 250 g/mol. The van der Waals surface area contributed by atoms with Crippen LogP contribution in [-0.4, -0.2) is 39.2 Å². The number of thioether (sulfide) groups is 1. The van der Waals surface area contributed by atoms with Crippen molar-refractivity contribution in [2.75, 3.05) is 18.2 Å². The molecular formula is C8H13N3O3S2. The number of hydrogen-bond donors (Lipinski definition) is 2. The van der Waals surface area contributed by atoms with Gasteiger partial charge >= 0.3 is 5.00 Å². The Balaban J connectivity index is 2.62. The minimum atomic E-state index is -0.467. The number of rotatable bonds is 6. The molecule has 0 saturated carbocycles. The highest BCUT2D eigenvalue weighted by atomic mass is 32.2. The topological polar surface area (TPSA) is 88.3 Å². The van der Waals surface area contributed by atoms with Crippen LogP contribution in [0.5, 0.6) is 0 Å². The van der Waals surface area contributed by atoms with E-state index in [2.05, 4.69) is 10.3 Å². The van der Waals surface area contributed by atoms with Gasteiger partial charge in [-0.25, -0.2) is 4.98 Å². The molecule has 0 aliphatic heterocycles. The molecule has 0 spiro atoms. The zero-order chi connectivity index (χ0) is 12.1. The quantitative estimate of drug-likeness (QED) is 0.598. The van der Waals surface area contributed by atoms with Gasteiger partial charge in [-0.05, 0) is 24.5 Å². The van der Waals surface area contributed by atoms with E-state index in [1.54, 1.807) is 11.8 Å². The second-order valence-electron chi connectivity index (χ2n) is 3.15. The number of nitrogens with one attached hydrogen (secondary N) is 1. The molecule has 0 fully saturated rings. The van der Waals surface area contributed by atoms with Crippen molar-refractivity contribution in [3.05, 3.63) is 16.3 Å². The predicted octanol–water partition coefficient (Wildman–Crippen LogP) is 1.58. The van der Waals surface area contributed by atoms with Crippen LogP contribution in [-0.2, 0) is 0 Å². The van der Waals surface area contributed by atoms with Gasteiger partial charge in [0, 0.05) is 11.3 Å². The zero-order valence-corrected chi connectivity index (χ0v) is 10.5. The molecule has 0 radical (unpaired) electrons. The fourth-order valence-corrected chi connectivity index (χ4v) is 2.49. The Morgan fingerprint density at radius 3 is 2.94 bits per heavy atom. The number of aliphatic hydroxyl groups excluding tert-OH is 1. The molecule has 2 unspecified atom stereocenters. The van der Waals surface area contributed by atoms with Crippen LogP contribution in [0.3, 0.4) is 0 Å². The molecule has 2 N–H and O–H groups in total. The predicted molar refractivity (Wildman–Crippen MR) is 66.2 cm³/mol. The third kappa shape index (κ3) is 3.32. The molecule has 6 nitrogen and oxygen atoms in total. The van der Waals surface area contributed by atoms with Crippen molar-refractivity contribution in [3.63, 3.8) is 0 Å². The summed E-state index contributed by atoms with van der Waals surface area (Å²) in [5.41, 5.74) is 0. The van der Waals surface area contributed by atoms with E-state index in [0.29, 0.717) is 5.13 Å². The fourth-order valence-electron chi connectivity index (χ4n) is 1.14. The lowest BCUT2D eigenvalue weighted by Crippen LogP contribution is -2.30. The van der Waals surface area contributed by atoms with Crippen molar-refractivity contribution in [2.45, 2.75) is 18.2 Å². The fraction of sp³-hybridized carbons (Fsp3) is 0.625. The van der Waals surface area contributed by atoms with Crippen molar-refractivity contribution >= 4 is 33.2 Å². The van der Waals surface area contributed by atoms with Crippen LogP contribution >= 0.6 is 23.1 Å². The molecule has 8 heteroatoms. The van der Waals surface area contributed by atoms with Gasteiger partial charge in [0.15, 0.2) is 5.13 Å². The van der Waals surface area contributed by atoms with Gasteiger partial charge in [-0.15, -0.1) is 0 Å². The maximum atomic E-state index is 10.5. The minimum absolute atomic E-state index is 0.00533. The first-order valence-corrected chi connectivity index (χ1v) is 6.69. The van der Waals surface area contributed by atoms with Crippen molar-refractivity contribution in [1.29, 1.82) is 0 Å². The molecule has 0 saturated heterocycles. The average molecular weight is 263 g/mol. The Labute approximate surface area is 101 Å². The summed E-state index contributed by atoms with van der Waals surface area (Å²) in [5.74, 6) is 0. The van der Waals surface area contributed by atoms with Crippen molar-refractivity contribution in [2.24, 2.45) is 0 Å². The summed E-state index contributed by atoms with van der Waals surface area (Å²) in [6.45, 7) is 1.97. The lowest BCUT2D eigenvalue weighted by molar-refractivity contribution is -0.380. The van der Waals surface area contributed by atoms with E-state index in [-0.39, 0.29) is 22.9 Å². The van der Waals surface area contributed by atoms with Crippen LogP contribution in [0.1, 0.15) is 6.92 Å². The lowest BCUT2D eigenvalue weighted by atomic mass is 10.2. The van der Waals surface area contributed by atoms with Crippen LogP contribution in [0.25, 0.3) is 0 Å².